The monoisotopic (exact) mass is 167 g/mol. The molecule has 0 amide bonds. The molecule has 1 rings (SSSR count). The molecule has 0 spiro atoms. The van der Waals surface area contributed by atoms with Crippen molar-refractivity contribution in [2.45, 2.75) is 18.3 Å². The average Bonchev–Trinajstić information content (AvgIpc) is 2.15. The van der Waals surface area contributed by atoms with Crippen LogP contribution in [-0.4, -0.2) is 40.2 Å². The summed E-state index contributed by atoms with van der Waals surface area (Å²) in [5.74, 6) is 0. The van der Waals surface area contributed by atoms with Crippen LogP contribution in [0.2, 0.25) is 0 Å². The lowest BCUT2D eigenvalue weighted by atomic mass is 10.2. The van der Waals surface area contributed by atoms with Gasteiger partial charge in [0.2, 0.25) is 0 Å². The van der Waals surface area contributed by atoms with Gasteiger partial charge in [0.15, 0.2) is 0 Å². The molecule has 61 valence electrons. The fourth-order valence-corrected chi connectivity index (χ4v) is 0.713. The van der Waals surface area contributed by atoms with Crippen molar-refractivity contribution in [1.29, 1.82) is 0 Å². The highest BCUT2D eigenvalue weighted by atomic mass is 32.1. The zero-order chi connectivity index (χ0) is 6.85. The van der Waals surface area contributed by atoms with E-state index in [0.29, 0.717) is 0 Å². The van der Waals surface area contributed by atoms with Crippen LogP contribution in [0, 0.1) is 6.61 Å². The van der Waals surface area contributed by atoms with Crippen LogP contribution in [-0.2, 0) is 4.74 Å². The molecule has 0 unspecified atom stereocenters. The largest absolute Gasteiger partial charge is 0.394 e. The number of hydrogen-bond donors (Lipinski definition) is 3. The van der Waals surface area contributed by atoms with Gasteiger partial charge in [-0.3, -0.25) is 0 Å². The Labute approximate surface area is 65.9 Å². The summed E-state index contributed by atoms with van der Waals surface area (Å²) >= 11 is 0. The molecule has 5 heteroatoms. The zero-order valence-corrected chi connectivity index (χ0v) is 6.27. The predicted octanol–water partition coefficient (Wildman–Crippen LogP) is -1.63. The third-order valence-corrected chi connectivity index (χ3v) is 1.30. The van der Waals surface area contributed by atoms with Crippen molar-refractivity contribution in [3.05, 3.63) is 6.61 Å². The molecular weight excluding hydrogens is 156 g/mol. The van der Waals surface area contributed by atoms with Gasteiger partial charge in [-0.25, -0.2) is 0 Å². The smallest absolute Gasteiger partial charge is 0.115 e. The minimum absolute atomic E-state index is 0. The summed E-state index contributed by atoms with van der Waals surface area (Å²) in [5.41, 5.74) is 0. The fourth-order valence-electron chi connectivity index (χ4n) is 0.713. The second kappa shape index (κ2) is 4.15. The summed E-state index contributed by atoms with van der Waals surface area (Å²) in [4.78, 5) is 0. The molecular formula is C5H11O4S. The Hall–Kier alpha value is 0.190. The van der Waals surface area contributed by atoms with Crippen LogP contribution in [0.4, 0.5) is 0 Å². The highest BCUT2D eigenvalue weighted by Crippen LogP contribution is 2.16. The summed E-state index contributed by atoms with van der Waals surface area (Å²) in [6.45, 7) is 0.848. The first-order valence-electron chi connectivity index (χ1n) is 2.71. The Bertz CT molecular complexity index is 99.6. The highest BCUT2D eigenvalue weighted by molar-refractivity contribution is 7.59. The second-order valence-corrected chi connectivity index (χ2v) is 1.97. The van der Waals surface area contributed by atoms with Crippen molar-refractivity contribution in [1.82, 2.24) is 0 Å². The van der Waals surface area contributed by atoms with Crippen molar-refractivity contribution in [2.75, 3.05) is 6.61 Å². The van der Waals surface area contributed by atoms with E-state index in [1.54, 1.807) is 0 Å². The van der Waals surface area contributed by atoms with E-state index in [0.717, 1.165) is 6.61 Å². The molecule has 1 aliphatic rings. The van der Waals surface area contributed by atoms with E-state index < -0.39 is 18.3 Å². The highest BCUT2D eigenvalue weighted by Gasteiger charge is 2.34. The van der Waals surface area contributed by atoms with Crippen LogP contribution >= 0.6 is 13.5 Å². The molecule has 0 aromatic rings. The van der Waals surface area contributed by atoms with Gasteiger partial charge in [0.05, 0.1) is 6.61 Å². The summed E-state index contributed by atoms with van der Waals surface area (Å²) in [5, 5.41) is 26.1. The number of aliphatic hydroxyl groups is 3. The molecule has 0 saturated carbocycles. The summed E-state index contributed by atoms with van der Waals surface area (Å²) in [7, 11) is 0. The molecule has 1 heterocycles. The van der Waals surface area contributed by atoms with E-state index in [1.807, 2.05) is 0 Å². The molecule has 0 aliphatic carbocycles. The first-order chi connectivity index (χ1) is 4.25. The molecule has 0 aromatic heterocycles. The molecule has 1 radical (unpaired) electrons. The van der Waals surface area contributed by atoms with Crippen molar-refractivity contribution < 1.29 is 20.1 Å². The molecule has 1 fully saturated rings. The van der Waals surface area contributed by atoms with Gasteiger partial charge in [-0.1, -0.05) is 0 Å². The third kappa shape index (κ3) is 1.83. The van der Waals surface area contributed by atoms with E-state index >= 15 is 0 Å². The maximum atomic E-state index is 8.89. The Morgan fingerprint density at radius 1 is 1.40 bits per heavy atom. The van der Waals surface area contributed by atoms with Crippen molar-refractivity contribution >= 4 is 13.5 Å². The first kappa shape index (κ1) is 10.2. The molecule has 1 saturated heterocycles. The fraction of sp³-hybridized carbons (Fsp3) is 0.800. The standard InChI is InChI=1S/C5H9O4.H2S/c6-1-4-5(8)3(7)2-9-4;/h2-8H,1H2;1H2/t3-,4+,5-;/m0./s1. The van der Waals surface area contributed by atoms with Gasteiger partial charge in [-0.05, 0) is 0 Å². The van der Waals surface area contributed by atoms with Crippen LogP contribution < -0.4 is 0 Å². The number of ether oxygens (including phenoxy) is 1. The summed E-state index contributed by atoms with van der Waals surface area (Å²) in [6, 6.07) is 0. The van der Waals surface area contributed by atoms with Crippen molar-refractivity contribution in [2.24, 2.45) is 0 Å². The Morgan fingerprint density at radius 2 is 2.00 bits per heavy atom. The molecule has 4 nitrogen and oxygen atoms in total. The molecule has 0 aromatic carbocycles. The zero-order valence-electron chi connectivity index (χ0n) is 5.27. The van der Waals surface area contributed by atoms with Gasteiger partial charge in [0, 0.05) is 0 Å². The Kier molecular flexibility index (Phi) is 4.23. The summed E-state index contributed by atoms with van der Waals surface area (Å²) < 4.78 is 4.65. The maximum absolute atomic E-state index is 8.89. The molecule has 0 bridgehead atoms. The lowest BCUT2D eigenvalue weighted by molar-refractivity contribution is -0.00317. The summed E-state index contributed by atoms with van der Waals surface area (Å²) in [6.07, 6.45) is -2.59. The van der Waals surface area contributed by atoms with Crippen LogP contribution in [0.3, 0.4) is 0 Å². The number of aliphatic hydroxyl groups excluding tert-OH is 3. The quantitative estimate of drug-likeness (QED) is 0.439. The van der Waals surface area contributed by atoms with E-state index in [9.17, 15) is 0 Å². The van der Waals surface area contributed by atoms with Crippen LogP contribution in [0.25, 0.3) is 0 Å². The van der Waals surface area contributed by atoms with Gasteiger partial charge in [-0.15, -0.1) is 0 Å². The minimum Gasteiger partial charge on any atom is -0.394 e. The SMILES string of the molecule is OC[C@H]1O[CH][C@H](O)[C@@H]1O.S. The van der Waals surface area contributed by atoms with E-state index in [4.69, 9.17) is 15.3 Å². The molecule has 3 atom stereocenters. The number of rotatable bonds is 1. The van der Waals surface area contributed by atoms with Gasteiger partial charge < -0.3 is 20.1 Å². The van der Waals surface area contributed by atoms with Crippen LogP contribution in [0.15, 0.2) is 0 Å². The van der Waals surface area contributed by atoms with Gasteiger partial charge in [0.25, 0.3) is 0 Å². The molecule has 3 N–H and O–H groups in total. The van der Waals surface area contributed by atoms with Gasteiger partial charge in [-0.2, -0.15) is 13.5 Å². The van der Waals surface area contributed by atoms with Crippen LogP contribution in [0.5, 0.6) is 0 Å². The Balaban J connectivity index is 0.000000810. The van der Waals surface area contributed by atoms with E-state index in [2.05, 4.69) is 4.74 Å². The lowest BCUT2D eigenvalue weighted by Crippen LogP contribution is -2.31. The maximum Gasteiger partial charge on any atom is 0.115 e. The Morgan fingerprint density at radius 3 is 2.20 bits per heavy atom. The third-order valence-electron chi connectivity index (χ3n) is 1.30. The molecule has 10 heavy (non-hydrogen) atoms. The van der Waals surface area contributed by atoms with Crippen molar-refractivity contribution in [3.63, 3.8) is 0 Å². The van der Waals surface area contributed by atoms with E-state index in [-0.39, 0.29) is 20.1 Å². The normalized spacial score (nSPS) is 39.3. The topological polar surface area (TPSA) is 69.9 Å². The average molecular weight is 167 g/mol. The minimum atomic E-state index is -0.977. The predicted molar refractivity (Wildman–Crippen MR) is 38.7 cm³/mol. The lowest BCUT2D eigenvalue weighted by Gasteiger charge is -2.10. The van der Waals surface area contributed by atoms with E-state index in [1.165, 1.54) is 0 Å². The second-order valence-electron chi connectivity index (χ2n) is 1.97. The molecule has 1 aliphatic heterocycles. The van der Waals surface area contributed by atoms with Crippen molar-refractivity contribution in [3.8, 4) is 0 Å². The van der Waals surface area contributed by atoms with Gasteiger partial charge >= 0.3 is 0 Å². The first-order valence-corrected chi connectivity index (χ1v) is 2.71. The van der Waals surface area contributed by atoms with Crippen LogP contribution in [0.1, 0.15) is 0 Å². The number of hydrogen-bond acceptors (Lipinski definition) is 4. The van der Waals surface area contributed by atoms with Gasteiger partial charge in [0.1, 0.15) is 24.9 Å².